The first-order chi connectivity index (χ1) is 18.1. The zero-order chi connectivity index (χ0) is 27.8. The molecule has 3 amide bonds. The van der Waals surface area contributed by atoms with Crippen molar-refractivity contribution >= 4 is 17.7 Å². The van der Waals surface area contributed by atoms with Gasteiger partial charge in [0.2, 0.25) is 11.8 Å². The van der Waals surface area contributed by atoms with E-state index in [0.29, 0.717) is 61.2 Å². The van der Waals surface area contributed by atoms with Crippen LogP contribution in [-0.2, 0) is 16.1 Å². The van der Waals surface area contributed by atoms with Gasteiger partial charge in [-0.1, -0.05) is 27.7 Å². The van der Waals surface area contributed by atoms with Crippen LogP contribution < -0.4 is 20.1 Å². The quantitative estimate of drug-likeness (QED) is 0.624. The molecule has 0 aliphatic carbocycles. The molecule has 208 valence electrons. The summed E-state index contributed by atoms with van der Waals surface area (Å²) in [6.07, 6.45) is 0.842. The molecular formula is C27H40N6O5. The number of hydrogen-bond donors (Lipinski definition) is 2. The van der Waals surface area contributed by atoms with Crippen molar-refractivity contribution in [1.82, 2.24) is 30.3 Å². The van der Waals surface area contributed by atoms with Gasteiger partial charge in [0.15, 0.2) is 11.5 Å². The van der Waals surface area contributed by atoms with E-state index in [1.165, 1.54) is 7.11 Å². The van der Waals surface area contributed by atoms with Crippen molar-refractivity contribution in [2.75, 3.05) is 33.4 Å². The van der Waals surface area contributed by atoms with Gasteiger partial charge in [0.05, 0.1) is 26.2 Å². The molecule has 11 nitrogen and oxygen atoms in total. The van der Waals surface area contributed by atoms with Crippen LogP contribution in [0.25, 0.3) is 0 Å². The van der Waals surface area contributed by atoms with Gasteiger partial charge in [0, 0.05) is 25.1 Å². The molecule has 0 spiro atoms. The summed E-state index contributed by atoms with van der Waals surface area (Å²) in [5, 5.41) is 10.5. The molecule has 11 heteroatoms. The molecule has 1 aromatic carbocycles. The fraction of sp³-hybridized carbons (Fsp3) is 0.593. The van der Waals surface area contributed by atoms with E-state index >= 15 is 0 Å². The number of nitrogens with zero attached hydrogens (tertiary/aromatic N) is 4. The first-order valence-electron chi connectivity index (χ1n) is 13.2. The molecule has 1 atom stereocenters. The number of amides is 3. The minimum Gasteiger partial charge on any atom is -0.493 e. The normalized spacial score (nSPS) is 17.7. The Morgan fingerprint density at radius 2 is 1.97 bits per heavy atom. The first kappa shape index (κ1) is 28.9. The van der Waals surface area contributed by atoms with Crippen molar-refractivity contribution < 1.29 is 23.9 Å². The third-order valence-corrected chi connectivity index (χ3v) is 6.21. The second-order valence-electron chi connectivity index (χ2n) is 10.3. The molecule has 0 saturated carbocycles. The number of aryl methyl sites for hydroxylation is 1. The van der Waals surface area contributed by atoms with Crippen molar-refractivity contribution in [3.8, 4) is 11.5 Å². The van der Waals surface area contributed by atoms with Gasteiger partial charge in [0.1, 0.15) is 18.3 Å². The summed E-state index contributed by atoms with van der Waals surface area (Å²) in [5.41, 5.74) is 0.438. The largest absolute Gasteiger partial charge is 0.493 e. The molecule has 0 radical (unpaired) electrons. The Bertz CT molecular complexity index is 1130. The number of methoxy groups -OCH3 is 1. The summed E-state index contributed by atoms with van der Waals surface area (Å²) in [7, 11) is 1.52. The molecule has 1 aromatic heterocycles. The van der Waals surface area contributed by atoms with Crippen LogP contribution >= 0.6 is 0 Å². The van der Waals surface area contributed by atoms with Gasteiger partial charge in [0.25, 0.3) is 5.91 Å². The Labute approximate surface area is 224 Å². The summed E-state index contributed by atoms with van der Waals surface area (Å²) < 4.78 is 13.2. The first-order valence-corrected chi connectivity index (χ1v) is 13.2. The lowest BCUT2D eigenvalue weighted by Gasteiger charge is -2.26. The molecule has 0 unspecified atom stereocenters. The van der Waals surface area contributed by atoms with E-state index in [0.717, 1.165) is 0 Å². The fourth-order valence-corrected chi connectivity index (χ4v) is 4.30. The number of ether oxygens (including phenoxy) is 2. The van der Waals surface area contributed by atoms with Crippen LogP contribution in [0, 0.1) is 18.8 Å². The molecular weight excluding hydrogens is 488 g/mol. The third kappa shape index (κ3) is 7.69. The Balaban J connectivity index is 1.93. The summed E-state index contributed by atoms with van der Waals surface area (Å²) >= 11 is 0. The average Bonchev–Trinajstić information content (AvgIpc) is 3.22. The van der Waals surface area contributed by atoms with Crippen molar-refractivity contribution in [3.63, 3.8) is 0 Å². The SMILES string of the molecule is COc1cc2ccc1OCCn1nc(C)nc1[C@H](C(C)C)NC(=O)CN(C(=O)CC(C)C)CCCNC2=O. The molecule has 4 rings (SSSR count). The number of nitrogens with one attached hydrogen (secondary N) is 2. The summed E-state index contributed by atoms with van der Waals surface area (Å²) in [5.74, 6) is 1.74. The van der Waals surface area contributed by atoms with Crippen molar-refractivity contribution in [1.29, 1.82) is 0 Å². The number of aromatic nitrogens is 3. The number of benzene rings is 1. The van der Waals surface area contributed by atoms with E-state index in [4.69, 9.17) is 9.47 Å². The maximum atomic E-state index is 13.2. The molecule has 2 aliphatic heterocycles. The molecule has 2 N–H and O–H groups in total. The second-order valence-corrected chi connectivity index (χ2v) is 10.3. The smallest absolute Gasteiger partial charge is 0.251 e. The number of hydrogen-bond acceptors (Lipinski definition) is 7. The highest BCUT2D eigenvalue weighted by molar-refractivity contribution is 5.94. The van der Waals surface area contributed by atoms with Crippen LogP contribution in [0.4, 0.5) is 0 Å². The predicted octanol–water partition coefficient (Wildman–Crippen LogP) is 2.50. The predicted molar refractivity (Wildman–Crippen MR) is 142 cm³/mol. The van der Waals surface area contributed by atoms with E-state index in [9.17, 15) is 14.4 Å². The summed E-state index contributed by atoms with van der Waals surface area (Å²) in [6, 6.07) is 4.63. The van der Waals surface area contributed by atoms with Crippen molar-refractivity contribution in [2.24, 2.45) is 11.8 Å². The minimum atomic E-state index is -0.402. The Hall–Kier alpha value is -3.63. The molecule has 2 aromatic rings. The van der Waals surface area contributed by atoms with Crippen LogP contribution in [0.2, 0.25) is 0 Å². The highest BCUT2D eigenvalue weighted by atomic mass is 16.5. The van der Waals surface area contributed by atoms with Crippen LogP contribution in [0.15, 0.2) is 18.2 Å². The zero-order valence-corrected chi connectivity index (χ0v) is 23.2. The van der Waals surface area contributed by atoms with Gasteiger partial charge in [-0.05, 0) is 43.4 Å². The van der Waals surface area contributed by atoms with E-state index < -0.39 is 6.04 Å². The number of carbonyl (C=O) groups excluding carboxylic acids is 3. The van der Waals surface area contributed by atoms with Crippen molar-refractivity contribution in [2.45, 2.75) is 60.0 Å². The third-order valence-electron chi connectivity index (χ3n) is 6.21. The maximum Gasteiger partial charge on any atom is 0.251 e. The van der Waals surface area contributed by atoms with E-state index in [2.05, 4.69) is 20.7 Å². The number of carbonyl (C=O) groups is 3. The number of rotatable bonds is 4. The Kier molecular flexibility index (Phi) is 10.1. The molecule has 0 fully saturated rings. The van der Waals surface area contributed by atoms with Gasteiger partial charge in [-0.3, -0.25) is 14.4 Å². The Morgan fingerprint density at radius 3 is 2.66 bits per heavy atom. The molecule has 2 bridgehead atoms. The lowest BCUT2D eigenvalue weighted by molar-refractivity contribution is -0.137. The van der Waals surface area contributed by atoms with Gasteiger partial charge in [-0.25, -0.2) is 9.67 Å². The number of fused-ring (bicyclic) bond motifs is 13. The average molecular weight is 529 g/mol. The second kappa shape index (κ2) is 13.3. The van der Waals surface area contributed by atoms with E-state index in [1.807, 2.05) is 27.7 Å². The molecule has 0 saturated heterocycles. The summed E-state index contributed by atoms with van der Waals surface area (Å²) in [6.45, 7) is 11.0. The summed E-state index contributed by atoms with van der Waals surface area (Å²) in [4.78, 5) is 45.0. The van der Waals surface area contributed by atoms with Crippen molar-refractivity contribution in [3.05, 3.63) is 35.4 Å². The van der Waals surface area contributed by atoms with Gasteiger partial charge >= 0.3 is 0 Å². The van der Waals surface area contributed by atoms with E-state index in [-0.39, 0.29) is 42.7 Å². The highest BCUT2D eigenvalue weighted by Crippen LogP contribution is 2.28. The maximum absolute atomic E-state index is 13.2. The Morgan fingerprint density at radius 1 is 1.21 bits per heavy atom. The lowest BCUT2D eigenvalue weighted by atomic mass is 10.0. The van der Waals surface area contributed by atoms with Gasteiger partial charge in [-0.2, -0.15) is 5.10 Å². The molecule has 2 aliphatic rings. The van der Waals surface area contributed by atoms with Crippen LogP contribution in [0.5, 0.6) is 11.5 Å². The monoisotopic (exact) mass is 528 g/mol. The fourth-order valence-electron chi connectivity index (χ4n) is 4.30. The van der Waals surface area contributed by atoms with Gasteiger partial charge < -0.3 is 25.0 Å². The molecule has 3 heterocycles. The lowest BCUT2D eigenvalue weighted by Crippen LogP contribution is -2.44. The zero-order valence-electron chi connectivity index (χ0n) is 23.2. The minimum absolute atomic E-state index is 0.0268. The van der Waals surface area contributed by atoms with Crippen LogP contribution in [-0.4, -0.2) is 70.7 Å². The van der Waals surface area contributed by atoms with Crippen LogP contribution in [0.1, 0.15) is 68.6 Å². The highest BCUT2D eigenvalue weighted by Gasteiger charge is 2.27. The van der Waals surface area contributed by atoms with Crippen LogP contribution in [0.3, 0.4) is 0 Å². The van der Waals surface area contributed by atoms with E-state index in [1.54, 1.807) is 34.7 Å². The topological polar surface area (TPSA) is 128 Å². The molecule has 38 heavy (non-hydrogen) atoms. The standard InChI is InChI=1S/C27H40N6O5/c1-17(2)14-24(35)32-11-7-10-28-27(36)20-8-9-21(22(15-20)37-6)38-13-12-33-26(29-19(5)31-33)25(18(3)4)30-23(34)16-32/h8-9,15,17-18,25H,7,10-14,16H2,1-6H3,(H,28,36)(H,30,34)/t25-/m0/s1. The van der Waals surface area contributed by atoms with Gasteiger partial charge in [-0.15, -0.1) is 0 Å².